The molecule has 5 heteroatoms. The van der Waals surface area contributed by atoms with Gasteiger partial charge in [0.1, 0.15) is 0 Å². The van der Waals surface area contributed by atoms with E-state index >= 15 is 0 Å². The number of Topliss-reactive ketones (excluding diaryl/α,β-unsaturated/α-hetero) is 1. The number of rotatable bonds is 6. The van der Waals surface area contributed by atoms with Crippen LogP contribution < -0.4 is 14.8 Å². The molecule has 18 heavy (non-hydrogen) atoms. The number of benzene rings is 1. The van der Waals surface area contributed by atoms with Gasteiger partial charge in [-0.05, 0) is 24.1 Å². The van der Waals surface area contributed by atoms with Gasteiger partial charge in [-0.3, -0.25) is 9.59 Å². The summed E-state index contributed by atoms with van der Waals surface area (Å²) in [6.07, 6.45) is 0.624. The Bertz CT molecular complexity index is 443. The Hall–Kier alpha value is -2.04. The third-order valence-corrected chi connectivity index (χ3v) is 2.47. The lowest BCUT2D eigenvalue weighted by Gasteiger charge is -2.09. The van der Waals surface area contributed by atoms with Gasteiger partial charge in [0, 0.05) is 13.5 Å². The first kappa shape index (κ1) is 14.0. The van der Waals surface area contributed by atoms with E-state index in [-0.39, 0.29) is 0 Å². The van der Waals surface area contributed by atoms with E-state index in [2.05, 4.69) is 5.32 Å². The minimum atomic E-state index is -0.560. The molecule has 0 bridgehead atoms. The highest BCUT2D eigenvalue weighted by Gasteiger charge is 2.07. The molecular weight excluding hydrogens is 234 g/mol. The zero-order chi connectivity index (χ0) is 13.5. The summed E-state index contributed by atoms with van der Waals surface area (Å²) in [5.74, 6) is 0.264. The zero-order valence-electron chi connectivity index (χ0n) is 10.8. The average molecular weight is 251 g/mol. The minimum Gasteiger partial charge on any atom is -0.493 e. The fourth-order valence-electron chi connectivity index (χ4n) is 1.48. The van der Waals surface area contributed by atoms with Crippen LogP contribution in [0.5, 0.6) is 11.5 Å². The van der Waals surface area contributed by atoms with Gasteiger partial charge in [0.25, 0.3) is 5.91 Å². The van der Waals surface area contributed by atoms with Crippen LogP contribution in [-0.2, 0) is 16.0 Å². The van der Waals surface area contributed by atoms with E-state index in [1.807, 2.05) is 12.1 Å². The molecule has 0 saturated carbocycles. The monoisotopic (exact) mass is 251 g/mol. The van der Waals surface area contributed by atoms with Crippen molar-refractivity contribution in [3.05, 3.63) is 23.8 Å². The normalized spacial score (nSPS) is 9.72. The molecule has 98 valence electrons. The van der Waals surface area contributed by atoms with Crippen LogP contribution in [0, 0.1) is 0 Å². The van der Waals surface area contributed by atoms with Gasteiger partial charge in [-0.25, -0.2) is 0 Å². The SMILES string of the molecule is COc1ccc(CCNC(=O)C(C)=O)cc1OC. The summed E-state index contributed by atoms with van der Waals surface area (Å²) in [6, 6.07) is 5.54. The van der Waals surface area contributed by atoms with Crippen LogP contribution in [0.4, 0.5) is 0 Å². The van der Waals surface area contributed by atoms with E-state index in [0.717, 1.165) is 5.56 Å². The van der Waals surface area contributed by atoms with E-state index < -0.39 is 11.7 Å². The van der Waals surface area contributed by atoms with Crippen molar-refractivity contribution in [3.63, 3.8) is 0 Å². The van der Waals surface area contributed by atoms with Crippen LogP contribution in [0.1, 0.15) is 12.5 Å². The summed E-state index contributed by atoms with van der Waals surface area (Å²) in [5, 5.41) is 2.54. The lowest BCUT2D eigenvalue weighted by Crippen LogP contribution is -2.30. The Balaban J connectivity index is 2.58. The molecule has 0 spiro atoms. The van der Waals surface area contributed by atoms with Gasteiger partial charge in [0.2, 0.25) is 5.78 Å². The Labute approximate surface area is 106 Å². The van der Waals surface area contributed by atoms with Crippen molar-refractivity contribution in [3.8, 4) is 11.5 Å². The molecule has 1 aromatic rings. The largest absolute Gasteiger partial charge is 0.493 e. The summed E-state index contributed by atoms with van der Waals surface area (Å²) in [7, 11) is 3.14. The molecule has 1 N–H and O–H groups in total. The minimum absolute atomic E-state index is 0.411. The second kappa shape index (κ2) is 6.64. The third-order valence-electron chi connectivity index (χ3n) is 2.47. The van der Waals surface area contributed by atoms with E-state index in [1.54, 1.807) is 20.3 Å². The zero-order valence-corrected chi connectivity index (χ0v) is 10.8. The number of ketones is 1. The Morgan fingerprint density at radius 3 is 2.39 bits per heavy atom. The van der Waals surface area contributed by atoms with Gasteiger partial charge < -0.3 is 14.8 Å². The van der Waals surface area contributed by atoms with E-state index in [1.165, 1.54) is 6.92 Å². The molecule has 0 aromatic heterocycles. The summed E-state index contributed by atoms with van der Waals surface area (Å²) < 4.78 is 10.3. The van der Waals surface area contributed by atoms with Crippen molar-refractivity contribution < 1.29 is 19.1 Å². The van der Waals surface area contributed by atoms with Crippen molar-refractivity contribution in [2.75, 3.05) is 20.8 Å². The van der Waals surface area contributed by atoms with Gasteiger partial charge in [0.05, 0.1) is 14.2 Å². The number of ether oxygens (including phenoxy) is 2. The van der Waals surface area contributed by atoms with Crippen molar-refractivity contribution in [1.29, 1.82) is 0 Å². The lowest BCUT2D eigenvalue weighted by atomic mass is 10.1. The first-order chi connectivity index (χ1) is 8.58. The summed E-state index contributed by atoms with van der Waals surface area (Å²) in [4.78, 5) is 21.8. The topological polar surface area (TPSA) is 64.6 Å². The van der Waals surface area contributed by atoms with Crippen LogP contribution in [0.3, 0.4) is 0 Å². The van der Waals surface area contributed by atoms with Gasteiger partial charge in [-0.2, -0.15) is 0 Å². The maximum absolute atomic E-state index is 11.1. The third kappa shape index (κ3) is 3.76. The Morgan fingerprint density at radius 1 is 1.17 bits per heavy atom. The van der Waals surface area contributed by atoms with E-state index in [0.29, 0.717) is 24.5 Å². The Kier molecular flexibility index (Phi) is 5.17. The molecule has 0 saturated heterocycles. The van der Waals surface area contributed by atoms with Crippen LogP contribution >= 0.6 is 0 Å². The smallest absolute Gasteiger partial charge is 0.287 e. The number of methoxy groups -OCH3 is 2. The van der Waals surface area contributed by atoms with Crippen LogP contribution in [0.25, 0.3) is 0 Å². The maximum Gasteiger partial charge on any atom is 0.287 e. The first-order valence-corrected chi connectivity index (χ1v) is 5.58. The number of hydrogen-bond acceptors (Lipinski definition) is 4. The molecule has 5 nitrogen and oxygen atoms in total. The molecule has 0 unspecified atom stereocenters. The van der Waals surface area contributed by atoms with Gasteiger partial charge in [-0.1, -0.05) is 6.07 Å². The quantitative estimate of drug-likeness (QED) is 0.765. The molecule has 0 aliphatic heterocycles. The fraction of sp³-hybridized carbons (Fsp3) is 0.385. The molecule has 1 aromatic carbocycles. The molecule has 0 atom stereocenters. The van der Waals surface area contributed by atoms with Gasteiger partial charge in [-0.15, -0.1) is 0 Å². The van der Waals surface area contributed by atoms with Crippen molar-refractivity contribution in [1.82, 2.24) is 5.32 Å². The summed E-state index contributed by atoms with van der Waals surface area (Å²) >= 11 is 0. The van der Waals surface area contributed by atoms with Gasteiger partial charge >= 0.3 is 0 Å². The predicted octanol–water partition coefficient (Wildman–Crippen LogP) is 0.951. The number of nitrogens with one attached hydrogen (secondary N) is 1. The number of hydrogen-bond donors (Lipinski definition) is 1. The molecule has 1 rings (SSSR count). The predicted molar refractivity (Wildman–Crippen MR) is 66.9 cm³/mol. The van der Waals surface area contributed by atoms with Crippen molar-refractivity contribution in [2.45, 2.75) is 13.3 Å². The number of carbonyl (C=O) groups is 2. The number of carbonyl (C=O) groups excluding carboxylic acids is 2. The Morgan fingerprint density at radius 2 is 1.83 bits per heavy atom. The lowest BCUT2D eigenvalue weighted by molar-refractivity contribution is -0.136. The summed E-state index contributed by atoms with van der Waals surface area (Å²) in [5.41, 5.74) is 0.997. The van der Waals surface area contributed by atoms with E-state index in [4.69, 9.17) is 9.47 Å². The molecule has 0 aliphatic rings. The molecule has 0 radical (unpaired) electrons. The highest BCUT2D eigenvalue weighted by Crippen LogP contribution is 2.27. The highest BCUT2D eigenvalue weighted by atomic mass is 16.5. The van der Waals surface area contributed by atoms with Crippen LogP contribution in [0.2, 0.25) is 0 Å². The van der Waals surface area contributed by atoms with Gasteiger partial charge in [0.15, 0.2) is 11.5 Å². The number of amides is 1. The second-order valence-electron chi connectivity index (χ2n) is 3.75. The molecule has 0 heterocycles. The average Bonchev–Trinajstić information content (AvgIpc) is 2.38. The first-order valence-electron chi connectivity index (χ1n) is 5.58. The molecule has 0 aliphatic carbocycles. The van der Waals surface area contributed by atoms with Crippen LogP contribution in [0.15, 0.2) is 18.2 Å². The molecule has 0 fully saturated rings. The standard InChI is InChI=1S/C13H17NO4/c1-9(15)13(16)14-7-6-10-4-5-11(17-2)12(8-10)18-3/h4-5,8H,6-7H2,1-3H3,(H,14,16). The maximum atomic E-state index is 11.1. The van der Waals surface area contributed by atoms with Crippen LogP contribution in [-0.4, -0.2) is 32.5 Å². The van der Waals surface area contributed by atoms with Crippen molar-refractivity contribution in [2.24, 2.45) is 0 Å². The molecular formula is C13H17NO4. The summed E-state index contributed by atoms with van der Waals surface area (Å²) in [6.45, 7) is 1.65. The molecule has 1 amide bonds. The second-order valence-corrected chi connectivity index (χ2v) is 3.75. The van der Waals surface area contributed by atoms with E-state index in [9.17, 15) is 9.59 Å². The fourth-order valence-corrected chi connectivity index (χ4v) is 1.48. The highest BCUT2D eigenvalue weighted by molar-refractivity contribution is 6.35. The van der Waals surface area contributed by atoms with Crippen molar-refractivity contribution >= 4 is 11.7 Å².